The molecule has 7 nitrogen and oxygen atoms in total. The maximum Gasteiger partial charge on any atom is 0.316 e. The van der Waals surface area contributed by atoms with Crippen molar-refractivity contribution in [3.8, 4) is 0 Å². The van der Waals surface area contributed by atoms with Crippen molar-refractivity contribution in [2.75, 3.05) is 0 Å². The molecule has 0 saturated carbocycles. The summed E-state index contributed by atoms with van der Waals surface area (Å²) in [6, 6.07) is 3.18. The zero-order valence-electron chi connectivity index (χ0n) is 6.71. The molecule has 1 aromatic rings. The Kier molecular flexibility index (Phi) is 2.85. The smallest absolute Gasteiger partial charge is 0.263 e. The Morgan fingerprint density at radius 1 is 0.929 bits per heavy atom. The van der Waals surface area contributed by atoms with Gasteiger partial charge in [-0.1, -0.05) is 0 Å². The molecular formula is C7H3N3O4. The average Bonchev–Trinajstić information content (AvgIpc) is 2.27. The van der Waals surface area contributed by atoms with E-state index in [0.717, 1.165) is 18.2 Å². The standard InChI is InChI=1S/C7H3N3O4/c11-7(10-14)4-1-5(8-12)3-6(2-4)9-13/h1-3H. The van der Waals surface area contributed by atoms with Crippen LogP contribution >= 0.6 is 0 Å². The predicted octanol–water partition coefficient (Wildman–Crippen LogP) is 2.39. The van der Waals surface area contributed by atoms with Crippen molar-refractivity contribution in [2.24, 2.45) is 15.5 Å². The van der Waals surface area contributed by atoms with Crippen molar-refractivity contribution in [1.29, 1.82) is 0 Å². The van der Waals surface area contributed by atoms with Gasteiger partial charge in [-0.2, -0.15) is 0 Å². The van der Waals surface area contributed by atoms with Gasteiger partial charge in [-0.05, 0) is 28.6 Å². The van der Waals surface area contributed by atoms with Crippen LogP contribution in [-0.2, 0) is 0 Å². The molecule has 0 heterocycles. The third-order valence-corrected chi connectivity index (χ3v) is 1.44. The Balaban J connectivity index is 3.29. The van der Waals surface area contributed by atoms with Gasteiger partial charge >= 0.3 is 5.91 Å². The lowest BCUT2D eigenvalue weighted by molar-refractivity contribution is 0.100. The minimum Gasteiger partial charge on any atom is -0.263 e. The van der Waals surface area contributed by atoms with Gasteiger partial charge in [0.2, 0.25) is 0 Å². The molecule has 70 valence electrons. The number of hydrogen-bond donors (Lipinski definition) is 0. The second kappa shape index (κ2) is 4.08. The number of rotatable bonds is 3. The van der Waals surface area contributed by atoms with E-state index in [1.807, 2.05) is 0 Å². The molecule has 0 bridgehead atoms. The van der Waals surface area contributed by atoms with Crippen LogP contribution in [0.25, 0.3) is 0 Å². The van der Waals surface area contributed by atoms with Crippen molar-refractivity contribution in [1.82, 2.24) is 0 Å². The van der Waals surface area contributed by atoms with Gasteiger partial charge in [0.15, 0.2) is 0 Å². The second-order valence-corrected chi connectivity index (χ2v) is 2.32. The van der Waals surface area contributed by atoms with Gasteiger partial charge in [-0.25, -0.2) is 0 Å². The van der Waals surface area contributed by atoms with E-state index in [-0.39, 0.29) is 16.9 Å². The second-order valence-electron chi connectivity index (χ2n) is 2.32. The summed E-state index contributed by atoms with van der Waals surface area (Å²) in [6.07, 6.45) is 0. The summed E-state index contributed by atoms with van der Waals surface area (Å²) in [6.45, 7) is 0. The van der Waals surface area contributed by atoms with Gasteiger partial charge in [0.1, 0.15) is 11.4 Å². The first kappa shape index (κ1) is 9.78. The first-order valence-electron chi connectivity index (χ1n) is 3.40. The first-order chi connectivity index (χ1) is 6.71. The monoisotopic (exact) mass is 193 g/mol. The Bertz CT molecular complexity index is 389. The number of carbonyl (C=O) groups excluding carboxylic acids is 1. The highest BCUT2D eigenvalue weighted by Crippen LogP contribution is 2.23. The average molecular weight is 193 g/mol. The molecule has 0 fully saturated rings. The molecule has 0 aliphatic rings. The topological polar surface area (TPSA) is 105 Å². The molecule has 0 aromatic heterocycles. The lowest BCUT2D eigenvalue weighted by Crippen LogP contribution is -1.92. The van der Waals surface area contributed by atoms with Crippen molar-refractivity contribution >= 4 is 17.3 Å². The van der Waals surface area contributed by atoms with E-state index >= 15 is 0 Å². The molecule has 1 amide bonds. The molecule has 0 aliphatic carbocycles. The van der Waals surface area contributed by atoms with Crippen molar-refractivity contribution in [3.63, 3.8) is 0 Å². The normalized spacial score (nSPS) is 9.14. The fourth-order valence-corrected chi connectivity index (χ4v) is 0.877. The lowest BCUT2D eigenvalue weighted by Gasteiger charge is -1.95. The van der Waals surface area contributed by atoms with Crippen LogP contribution in [0.3, 0.4) is 0 Å². The van der Waals surface area contributed by atoms with E-state index in [0.29, 0.717) is 0 Å². The molecule has 0 atom stereocenters. The summed E-state index contributed by atoms with van der Waals surface area (Å²) in [4.78, 5) is 40.9. The highest BCUT2D eigenvalue weighted by atomic mass is 16.3. The van der Waals surface area contributed by atoms with Crippen LogP contribution in [-0.4, -0.2) is 5.91 Å². The molecule has 0 N–H and O–H groups in total. The number of nitroso groups, excluding NO2 is 3. The molecule has 0 aliphatic heterocycles. The first-order valence-corrected chi connectivity index (χ1v) is 3.40. The van der Waals surface area contributed by atoms with Gasteiger partial charge in [-0.15, -0.1) is 14.7 Å². The van der Waals surface area contributed by atoms with E-state index in [1.54, 1.807) is 0 Å². The number of benzene rings is 1. The van der Waals surface area contributed by atoms with Crippen LogP contribution in [0.15, 0.2) is 33.7 Å². The molecule has 7 heteroatoms. The zero-order chi connectivity index (χ0) is 10.6. The number of nitrogens with zero attached hydrogens (tertiary/aromatic N) is 3. The molecule has 14 heavy (non-hydrogen) atoms. The Morgan fingerprint density at radius 2 is 1.43 bits per heavy atom. The highest BCUT2D eigenvalue weighted by Gasteiger charge is 2.09. The fourth-order valence-electron chi connectivity index (χ4n) is 0.877. The molecule has 1 rings (SSSR count). The van der Waals surface area contributed by atoms with Crippen LogP contribution in [0.4, 0.5) is 11.4 Å². The summed E-state index contributed by atoms with van der Waals surface area (Å²) >= 11 is 0. The lowest BCUT2D eigenvalue weighted by atomic mass is 10.1. The Morgan fingerprint density at radius 3 is 1.79 bits per heavy atom. The molecular weight excluding hydrogens is 190 g/mol. The van der Waals surface area contributed by atoms with Crippen LogP contribution in [0, 0.1) is 14.7 Å². The minimum absolute atomic E-state index is 0.158. The van der Waals surface area contributed by atoms with Gasteiger partial charge in [0, 0.05) is 10.7 Å². The van der Waals surface area contributed by atoms with Crippen LogP contribution in [0.5, 0.6) is 0 Å². The summed E-state index contributed by atoms with van der Waals surface area (Å²) < 4.78 is 0. The number of hydrogen-bond acceptors (Lipinski definition) is 6. The number of amides is 1. The van der Waals surface area contributed by atoms with Crippen molar-refractivity contribution in [2.45, 2.75) is 0 Å². The minimum atomic E-state index is -1.08. The van der Waals surface area contributed by atoms with E-state index < -0.39 is 5.91 Å². The highest BCUT2D eigenvalue weighted by molar-refractivity contribution is 5.96. The molecule has 0 saturated heterocycles. The van der Waals surface area contributed by atoms with E-state index in [9.17, 15) is 19.5 Å². The van der Waals surface area contributed by atoms with E-state index in [2.05, 4.69) is 15.5 Å². The van der Waals surface area contributed by atoms with Crippen LogP contribution < -0.4 is 0 Å². The predicted molar refractivity (Wildman–Crippen MR) is 47.5 cm³/mol. The maximum absolute atomic E-state index is 10.8. The largest absolute Gasteiger partial charge is 0.316 e. The molecule has 1 aromatic carbocycles. The fraction of sp³-hybridized carbons (Fsp3) is 0. The summed E-state index contributed by atoms with van der Waals surface area (Å²) in [7, 11) is 0. The summed E-state index contributed by atoms with van der Waals surface area (Å²) in [5.41, 5.74) is -0.505. The number of carbonyl (C=O) groups is 1. The van der Waals surface area contributed by atoms with Gasteiger partial charge < -0.3 is 0 Å². The molecule has 0 radical (unpaired) electrons. The van der Waals surface area contributed by atoms with Crippen molar-refractivity contribution in [3.05, 3.63) is 38.5 Å². The van der Waals surface area contributed by atoms with Crippen molar-refractivity contribution < 1.29 is 4.79 Å². The molecule has 0 unspecified atom stereocenters. The Labute approximate surface area is 77.0 Å². The van der Waals surface area contributed by atoms with Gasteiger partial charge in [0.25, 0.3) is 0 Å². The van der Waals surface area contributed by atoms with Gasteiger partial charge in [-0.3, -0.25) is 4.79 Å². The zero-order valence-corrected chi connectivity index (χ0v) is 6.71. The maximum atomic E-state index is 10.8. The summed E-state index contributed by atoms with van der Waals surface area (Å²) in [5.74, 6) is -1.08. The van der Waals surface area contributed by atoms with E-state index in [4.69, 9.17) is 0 Å². The van der Waals surface area contributed by atoms with Crippen LogP contribution in [0.2, 0.25) is 0 Å². The summed E-state index contributed by atoms with van der Waals surface area (Å²) in [5, 5.41) is 7.16. The third kappa shape index (κ3) is 1.89. The SMILES string of the molecule is O=NC(=O)c1cc(N=O)cc(N=O)c1. The molecule has 0 spiro atoms. The van der Waals surface area contributed by atoms with Crippen LogP contribution in [0.1, 0.15) is 10.4 Å². The van der Waals surface area contributed by atoms with E-state index in [1.165, 1.54) is 0 Å². The quantitative estimate of drug-likeness (QED) is 0.686. The van der Waals surface area contributed by atoms with Gasteiger partial charge in [0.05, 0.1) is 0 Å². The third-order valence-electron chi connectivity index (χ3n) is 1.44. The Hall–Kier alpha value is -2.31.